The summed E-state index contributed by atoms with van der Waals surface area (Å²) in [7, 11) is 0. The Bertz CT molecular complexity index is 907. The van der Waals surface area contributed by atoms with E-state index in [-0.39, 0.29) is 5.91 Å². The van der Waals surface area contributed by atoms with E-state index in [1.165, 1.54) is 0 Å². The Hall–Kier alpha value is -3.34. The van der Waals surface area contributed by atoms with Gasteiger partial charge < -0.3 is 15.4 Å². The first-order valence-corrected chi connectivity index (χ1v) is 9.04. The second-order valence-corrected chi connectivity index (χ2v) is 5.98. The van der Waals surface area contributed by atoms with Crippen molar-refractivity contribution in [2.75, 3.05) is 17.2 Å². The number of nitrogens with zero attached hydrogens (tertiary/aromatic N) is 1. The van der Waals surface area contributed by atoms with Crippen LogP contribution in [0.3, 0.4) is 0 Å². The number of aryl methyl sites for hydroxylation is 1. The summed E-state index contributed by atoms with van der Waals surface area (Å²) in [6, 6.07) is 19.0. The maximum absolute atomic E-state index is 12.6. The van der Waals surface area contributed by atoms with Gasteiger partial charge in [-0.2, -0.15) is 0 Å². The van der Waals surface area contributed by atoms with E-state index in [2.05, 4.69) is 22.5 Å². The van der Waals surface area contributed by atoms with Crippen molar-refractivity contribution in [3.63, 3.8) is 0 Å². The lowest BCUT2D eigenvalue weighted by atomic mass is 10.1. The van der Waals surface area contributed by atoms with Crippen LogP contribution in [0.15, 0.2) is 66.9 Å². The van der Waals surface area contributed by atoms with Crippen LogP contribution in [-0.4, -0.2) is 17.5 Å². The number of anilines is 3. The summed E-state index contributed by atoms with van der Waals surface area (Å²) in [5.74, 6) is 0.596. The predicted octanol–water partition coefficient (Wildman–Crippen LogP) is 5.04. The molecule has 27 heavy (non-hydrogen) atoms. The van der Waals surface area contributed by atoms with Gasteiger partial charge in [-0.05, 0) is 61.4 Å². The van der Waals surface area contributed by atoms with Crippen LogP contribution >= 0.6 is 0 Å². The summed E-state index contributed by atoms with van der Waals surface area (Å²) >= 11 is 0. The summed E-state index contributed by atoms with van der Waals surface area (Å²) in [4.78, 5) is 16.8. The number of nitrogens with one attached hydrogen (secondary N) is 2. The molecule has 1 amide bonds. The first kappa shape index (κ1) is 18.5. The highest BCUT2D eigenvalue weighted by molar-refractivity contribution is 6.03. The Morgan fingerprint density at radius 3 is 2.52 bits per heavy atom. The van der Waals surface area contributed by atoms with Crippen molar-refractivity contribution in [1.29, 1.82) is 0 Å². The average Bonchev–Trinajstić information content (AvgIpc) is 2.70. The van der Waals surface area contributed by atoms with Gasteiger partial charge in [0.05, 0.1) is 6.61 Å². The summed E-state index contributed by atoms with van der Waals surface area (Å²) in [6.45, 7) is 4.65. The topological polar surface area (TPSA) is 63.2 Å². The van der Waals surface area contributed by atoms with E-state index in [1.54, 1.807) is 12.3 Å². The number of carbonyl (C=O) groups is 1. The van der Waals surface area contributed by atoms with Crippen molar-refractivity contribution in [2.24, 2.45) is 0 Å². The summed E-state index contributed by atoms with van der Waals surface area (Å²) < 4.78 is 5.45. The minimum atomic E-state index is -0.230. The number of hydrogen-bond donors (Lipinski definition) is 2. The molecule has 0 bridgehead atoms. The quantitative estimate of drug-likeness (QED) is 0.619. The fourth-order valence-corrected chi connectivity index (χ4v) is 2.74. The third kappa shape index (κ3) is 4.85. The molecule has 0 saturated carbocycles. The second kappa shape index (κ2) is 8.85. The number of rotatable bonds is 7. The van der Waals surface area contributed by atoms with Crippen LogP contribution in [0.4, 0.5) is 17.1 Å². The van der Waals surface area contributed by atoms with Gasteiger partial charge in [0.25, 0.3) is 5.91 Å². The summed E-state index contributed by atoms with van der Waals surface area (Å²) in [5.41, 5.74) is 3.97. The first-order chi connectivity index (χ1) is 13.2. The highest BCUT2D eigenvalue weighted by Crippen LogP contribution is 2.21. The van der Waals surface area contributed by atoms with Crippen molar-refractivity contribution in [3.8, 4) is 5.75 Å². The lowest BCUT2D eigenvalue weighted by Gasteiger charge is -2.11. The van der Waals surface area contributed by atoms with E-state index in [1.807, 2.05) is 61.5 Å². The molecule has 3 aromatic rings. The molecule has 0 aliphatic rings. The second-order valence-electron chi connectivity index (χ2n) is 5.98. The van der Waals surface area contributed by atoms with E-state index in [0.717, 1.165) is 34.8 Å². The SMILES string of the molecule is CCOc1ccc(Nc2ccnc(C(=O)Nc3ccccc3CC)c2)cc1. The fourth-order valence-electron chi connectivity index (χ4n) is 2.74. The van der Waals surface area contributed by atoms with Gasteiger partial charge in [-0.15, -0.1) is 0 Å². The van der Waals surface area contributed by atoms with Gasteiger partial charge >= 0.3 is 0 Å². The Morgan fingerprint density at radius 2 is 1.78 bits per heavy atom. The minimum Gasteiger partial charge on any atom is -0.494 e. The molecular weight excluding hydrogens is 338 g/mol. The molecular formula is C22H23N3O2. The predicted molar refractivity (Wildman–Crippen MR) is 109 cm³/mol. The Morgan fingerprint density at radius 1 is 1.00 bits per heavy atom. The van der Waals surface area contributed by atoms with Crippen molar-refractivity contribution in [3.05, 3.63) is 78.1 Å². The largest absolute Gasteiger partial charge is 0.494 e. The molecule has 0 radical (unpaired) electrons. The number of hydrogen-bond acceptors (Lipinski definition) is 4. The number of para-hydroxylation sites is 1. The molecule has 0 spiro atoms. The Labute approximate surface area is 159 Å². The number of amides is 1. The van der Waals surface area contributed by atoms with Crippen LogP contribution in [0.2, 0.25) is 0 Å². The number of aromatic nitrogens is 1. The number of carbonyl (C=O) groups excluding carboxylic acids is 1. The van der Waals surface area contributed by atoms with Gasteiger partial charge in [0.15, 0.2) is 0 Å². The van der Waals surface area contributed by atoms with E-state index < -0.39 is 0 Å². The molecule has 0 unspecified atom stereocenters. The standard InChI is InChI=1S/C22H23N3O2/c1-3-16-7-5-6-8-20(16)25-22(26)21-15-18(13-14-23-21)24-17-9-11-19(12-10-17)27-4-2/h5-15H,3-4H2,1-2H3,(H,23,24)(H,25,26). The molecule has 1 heterocycles. The van der Waals surface area contributed by atoms with Crippen LogP contribution in [0.1, 0.15) is 29.9 Å². The zero-order valence-corrected chi connectivity index (χ0v) is 15.5. The van der Waals surface area contributed by atoms with Gasteiger partial charge in [0, 0.05) is 23.3 Å². The zero-order valence-electron chi connectivity index (χ0n) is 15.5. The highest BCUT2D eigenvalue weighted by atomic mass is 16.5. The smallest absolute Gasteiger partial charge is 0.274 e. The normalized spacial score (nSPS) is 10.3. The monoisotopic (exact) mass is 361 g/mol. The zero-order chi connectivity index (χ0) is 19.1. The number of benzene rings is 2. The Balaban J connectivity index is 1.72. The molecule has 0 aliphatic heterocycles. The van der Waals surface area contributed by atoms with Gasteiger partial charge in [-0.3, -0.25) is 9.78 Å². The van der Waals surface area contributed by atoms with Gasteiger partial charge in [0.2, 0.25) is 0 Å². The van der Waals surface area contributed by atoms with Gasteiger partial charge in [0.1, 0.15) is 11.4 Å². The Kier molecular flexibility index (Phi) is 6.05. The number of ether oxygens (including phenoxy) is 1. The van der Waals surface area contributed by atoms with Crippen LogP contribution in [0.25, 0.3) is 0 Å². The third-order valence-corrected chi connectivity index (χ3v) is 4.09. The molecule has 0 aliphatic carbocycles. The van der Waals surface area contributed by atoms with Crippen molar-refractivity contribution in [1.82, 2.24) is 4.98 Å². The molecule has 5 heteroatoms. The average molecular weight is 361 g/mol. The van der Waals surface area contributed by atoms with Gasteiger partial charge in [-0.25, -0.2) is 0 Å². The first-order valence-electron chi connectivity index (χ1n) is 9.04. The van der Waals surface area contributed by atoms with E-state index in [0.29, 0.717) is 12.3 Å². The van der Waals surface area contributed by atoms with E-state index in [9.17, 15) is 4.79 Å². The summed E-state index contributed by atoms with van der Waals surface area (Å²) in [5, 5.41) is 6.22. The molecule has 5 nitrogen and oxygen atoms in total. The highest BCUT2D eigenvalue weighted by Gasteiger charge is 2.10. The minimum absolute atomic E-state index is 0.230. The molecule has 1 aromatic heterocycles. The molecule has 0 fully saturated rings. The third-order valence-electron chi connectivity index (χ3n) is 4.09. The summed E-state index contributed by atoms with van der Waals surface area (Å²) in [6.07, 6.45) is 2.47. The van der Waals surface area contributed by atoms with E-state index in [4.69, 9.17) is 4.74 Å². The molecule has 3 rings (SSSR count). The van der Waals surface area contributed by atoms with Crippen LogP contribution in [0, 0.1) is 0 Å². The van der Waals surface area contributed by atoms with Crippen molar-refractivity contribution >= 4 is 23.0 Å². The molecule has 0 atom stereocenters. The van der Waals surface area contributed by atoms with Crippen LogP contribution in [-0.2, 0) is 6.42 Å². The molecule has 138 valence electrons. The molecule has 2 N–H and O–H groups in total. The maximum atomic E-state index is 12.6. The van der Waals surface area contributed by atoms with Crippen molar-refractivity contribution < 1.29 is 9.53 Å². The fraction of sp³-hybridized carbons (Fsp3) is 0.182. The van der Waals surface area contributed by atoms with Crippen LogP contribution < -0.4 is 15.4 Å². The van der Waals surface area contributed by atoms with Gasteiger partial charge in [-0.1, -0.05) is 25.1 Å². The van der Waals surface area contributed by atoms with E-state index >= 15 is 0 Å². The van der Waals surface area contributed by atoms with Crippen LogP contribution in [0.5, 0.6) is 5.75 Å². The maximum Gasteiger partial charge on any atom is 0.274 e. The number of pyridine rings is 1. The molecule has 2 aromatic carbocycles. The molecule has 0 saturated heterocycles. The lowest BCUT2D eigenvalue weighted by molar-refractivity contribution is 0.102. The van der Waals surface area contributed by atoms with Crippen molar-refractivity contribution in [2.45, 2.75) is 20.3 Å². The lowest BCUT2D eigenvalue weighted by Crippen LogP contribution is -2.15.